The van der Waals surface area contributed by atoms with Gasteiger partial charge in [-0.3, -0.25) is 9.78 Å². The van der Waals surface area contributed by atoms with E-state index < -0.39 is 0 Å². The van der Waals surface area contributed by atoms with Crippen molar-refractivity contribution in [2.45, 2.75) is 38.6 Å². The first-order chi connectivity index (χ1) is 11.3. The van der Waals surface area contributed by atoms with E-state index >= 15 is 0 Å². The van der Waals surface area contributed by atoms with Gasteiger partial charge in [-0.25, -0.2) is 0 Å². The summed E-state index contributed by atoms with van der Waals surface area (Å²) in [5.74, 6) is 0.0148. The van der Waals surface area contributed by atoms with Crippen LogP contribution < -0.4 is 0 Å². The predicted molar refractivity (Wildman–Crippen MR) is 91.6 cm³/mol. The number of carbonyl (C=O) groups excluding carboxylic acids is 1. The lowest BCUT2D eigenvalue weighted by Crippen LogP contribution is -2.32. The molecule has 3 rings (SSSR count). The fraction of sp³-hybridized carbons (Fsp3) is 0.444. The molecular weight excluding hydrogens is 308 g/mol. The summed E-state index contributed by atoms with van der Waals surface area (Å²) in [6.45, 7) is 0.795. The van der Waals surface area contributed by atoms with Gasteiger partial charge in [0, 0.05) is 30.4 Å². The first-order valence-corrected chi connectivity index (χ1v) is 9.00. The summed E-state index contributed by atoms with van der Waals surface area (Å²) in [5.41, 5.74) is 2.33. The molecule has 2 heterocycles. The van der Waals surface area contributed by atoms with E-state index in [-0.39, 0.29) is 12.5 Å². The molecular formula is C18H22N2O2S. The van der Waals surface area contributed by atoms with E-state index in [2.05, 4.69) is 11.1 Å². The quantitative estimate of drug-likeness (QED) is 0.857. The summed E-state index contributed by atoms with van der Waals surface area (Å²) >= 11 is 1.63. The second kappa shape index (κ2) is 7.70. The van der Waals surface area contributed by atoms with Gasteiger partial charge in [0.2, 0.25) is 0 Å². The molecule has 1 amide bonds. The standard InChI is InChI=1S/C18H22N2O2S/c21-10-9-20(13-14-5-4-8-19-12-14)18(22)17-11-15-6-2-1-3-7-16(15)23-17/h4-5,8,11-12,21H,1-3,6-7,9-10,13H2. The van der Waals surface area contributed by atoms with Crippen molar-refractivity contribution in [3.05, 3.63) is 51.5 Å². The average molecular weight is 330 g/mol. The molecule has 0 fully saturated rings. The maximum atomic E-state index is 12.8. The highest BCUT2D eigenvalue weighted by Crippen LogP contribution is 2.30. The van der Waals surface area contributed by atoms with Crippen molar-refractivity contribution >= 4 is 17.2 Å². The fourth-order valence-electron chi connectivity index (χ4n) is 3.01. The Labute approximate surface area is 140 Å². The maximum Gasteiger partial charge on any atom is 0.264 e. The number of aromatic nitrogens is 1. The second-order valence-electron chi connectivity index (χ2n) is 5.93. The van der Waals surface area contributed by atoms with Gasteiger partial charge in [-0.2, -0.15) is 0 Å². The van der Waals surface area contributed by atoms with Gasteiger partial charge < -0.3 is 10.0 Å². The molecule has 0 radical (unpaired) electrons. The zero-order chi connectivity index (χ0) is 16.1. The maximum absolute atomic E-state index is 12.8. The minimum atomic E-state index is -0.0307. The summed E-state index contributed by atoms with van der Waals surface area (Å²) in [6.07, 6.45) is 9.38. The first-order valence-electron chi connectivity index (χ1n) is 8.18. The molecule has 0 atom stereocenters. The molecule has 4 nitrogen and oxygen atoms in total. The second-order valence-corrected chi connectivity index (χ2v) is 7.07. The molecule has 0 unspecified atom stereocenters. The van der Waals surface area contributed by atoms with Gasteiger partial charge in [0.25, 0.3) is 5.91 Å². The Morgan fingerprint density at radius 1 is 1.30 bits per heavy atom. The van der Waals surface area contributed by atoms with E-state index in [4.69, 9.17) is 0 Å². The van der Waals surface area contributed by atoms with Crippen molar-refractivity contribution in [1.29, 1.82) is 0 Å². The third-order valence-corrected chi connectivity index (χ3v) is 5.44. The summed E-state index contributed by atoms with van der Waals surface area (Å²) in [4.78, 5) is 20.8. The van der Waals surface area contributed by atoms with E-state index in [1.807, 2.05) is 12.1 Å². The van der Waals surface area contributed by atoms with E-state index in [1.165, 1.54) is 29.7 Å². The summed E-state index contributed by atoms with van der Waals surface area (Å²) in [5, 5.41) is 9.30. The van der Waals surface area contributed by atoms with Gasteiger partial charge in [-0.1, -0.05) is 12.5 Å². The minimum Gasteiger partial charge on any atom is -0.395 e. The van der Waals surface area contributed by atoms with Crippen LogP contribution in [-0.2, 0) is 19.4 Å². The van der Waals surface area contributed by atoms with Crippen LogP contribution >= 0.6 is 11.3 Å². The molecule has 1 N–H and O–H groups in total. The number of carbonyl (C=O) groups is 1. The van der Waals surface area contributed by atoms with Gasteiger partial charge in [-0.05, 0) is 48.9 Å². The average Bonchev–Trinajstić information content (AvgIpc) is 2.85. The van der Waals surface area contributed by atoms with Gasteiger partial charge >= 0.3 is 0 Å². The Morgan fingerprint density at radius 3 is 2.96 bits per heavy atom. The molecule has 1 aliphatic rings. The Kier molecular flexibility index (Phi) is 5.41. The monoisotopic (exact) mass is 330 g/mol. The van der Waals surface area contributed by atoms with Crippen LogP contribution in [0, 0.1) is 0 Å². The third kappa shape index (κ3) is 3.98. The first kappa shape index (κ1) is 16.1. The van der Waals surface area contributed by atoms with Crippen LogP contribution in [0.2, 0.25) is 0 Å². The van der Waals surface area contributed by atoms with Crippen LogP contribution in [0.3, 0.4) is 0 Å². The number of aliphatic hydroxyl groups is 1. The smallest absolute Gasteiger partial charge is 0.264 e. The number of hydrogen-bond donors (Lipinski definition) is 1. The van der Waals surface area contributed by atoms with Gasteiger partial charge in [0.1, 0.15) is 0 Å². The summed E-state index contributed by atoms with van der Waals surface area (Å²) in [7, 11) is 0. The van der Waals surface area contributed by atoms with E-state index in [1.54, 1.807) is 28.6 Å². The normalized spacial score (nSPS) is 14.1. The van der Waals surface area contributed by atoms with Gasteiger partial charge in [0.05, 0.1) is 11.5 Å². The Balaban J connectivity index is 1.78. The van der Waals surface area contributed by atoms with E-state index in [0.29, 0.717) is 13.1 Å². The Hall–Kier alpha value is -1.72. The van der Waals surface area contributed by atoms with Crippen LogP contribution in [0.1, 0.15) is 44.9 Å². The summed E-state index contributed by atoms with van der Waals surface area (Å²) in [6, 6.07) is 5.89. The van der Waals surface area contributed by atoms with Crippen molar-refractivity contribution < 1.29 is 9.90 Å². The molecule has 23 heavy (non-hydrogen) atoms. The number of nitrogens with zero attached hydrogens (tertiary/aromatic N) is 2. The lowest BCUT2D eigenvalue weighted by atomic mass is 10.1. The van der Waals surface area contributed by atoms with Crippen molar-refractivity contribution in [3.8, 4) is 0 Å². The van der Waals surface area contributed by atoms with Crippen LogP contribution in [0.15, 0.2) is 30.6 Å². The number of fused-ring (bicyclic) bond motifs is 1. The molecule has 0 spiro atoms. The number of thiophene rings is 1. The van der Waals surface area contributed by atoms with Crippen LogP contribution in [0.4, 0.5) is 0 Å². The van der Waals surface area contributed by atoms with Gasteiger partial charge in [0.15, 0.2) is 0 Å². The molecule has 0 saturated heterocycles. The molecule has 1 aliphatic carbocycles. The topological polar surface area (TPSA) is 53.4 Å². The number of hydrogen-bond acceptors (Lipinski definition) is 4. The van der Waals surface area contributed by atoms with Crippen molar-refractivity contribution in [3.63, 3.8) is 0 Å². The number of aliphatic hydroxyl groups excluding tert-OH is 1. The fourth-order valence-corrected chi connectivity index (χ4v) is 4.24. The lowest BCUT2D eigenvalue weighted by Gasteiger charge is -2.21. The molecule has 0 saturated carbocycles. The molecule has 2 aromatic rings. The molecule has 0 bridgehead atoms. The number of aryl methyl sites for hydroxylation is 2. The number of amides is 1. The third-order valence-electron chi connectivity index (χ3n) is 4.21. The largest absolute Gasteiger partial charge is 0.395 e. The van der Waals surface area contributed by atoms with Gasteiger partial charge in [-0.15, -0.1) is 11.3 Å². The summed E-state index contributed by atoms with van der Waals surface area (Å²) < 4.78 is 0. The van der Waals surface area contributed by atoms with Crippen molar-refractivity contribution in [2.75, 3.05) is 13.2 Å². The molecule has 2 aromatic heterocycles. The highest BCUT2D eigenvalue weighted by Gasteiger charge is 2.21. The van der Waals surface area contributed by atoms with Crippen molar-refractivity contribution in [2.24, 2.45) is 0 Å². The number of pyridine rings is 1. The lowest BCUT2D eigenvalue weighted by molar-refractivity contribution is 0.0712. The molecule has 0 aliphatic heterocycles. The van der Waals surface area contributed by atoms with E-state index in [9.17, 15) is 9.90 Å². The SMILES string of the molecule is O=C(c1cc2c(s1)CCCCC2)N(CCO)Cc1cccnc1. The Morgan fingerprint density at radius 2 is 2.17 bits per heavy atom. The van der Waals surface area contributed by atoms with Crippen LogP contribution in [0.25, 0.3) is 0 Å². The predicted octanol–water partition coefficient (Wildman–Crippen LogP) is 3.05. The van der Waals surface area contributed by atoms with Crippen LogP contribution in [0.5, 0.6) is 0 Å². The highest BCUT2D eigenvalue weighted by molar-refractivity contribution is 7.14. The number of rotatable bonds is 5. The zero-order valence-corrected chi connectivity index (χ0v) is 14.0. The molecule has 0 aromatic carbocycles. The highest BCUT2D eigenvalue weighted by atomic mass is 32.1. The zero-order valence-electron chi connectivity index (χ0n) is 13.2. The Bertz CT molecular complexity index is 631. The molecule has 5 heteroatoms. The minimum absolute atomic E-state index is 0.0148. The van der Waals surface area contributed by atoms with Crippen LogP contribution in [-0.4, -0.2) is 34.0 Å². The molecule has 122 valence electrons. The van der Waals surface area contributed by atoms with Crippen molar-refractivity contribution in [1.82, 2.24) is 9.88 Å². The van der Waals surface area contributed by atoms with E-state index in [0.717, 1.165) is 23.3 Å².